The van der Waals surface area contributed by atoms with Crippen molar-refractivity contribution in [2.45, 2.75) is 6.54 Å². The van der Waals surface area contributed by atoms with Crippen molar-refractivity contribution < 1.29 is 13.2 Å². The maximum atomic E-state index is 12.0. The molecule has 0 bridgehead atoms. The van der Waals surface area contributed by atoms with E-state index >= 15 is 0 Å². The molecular formula is C12H13N7O3S. The van der Waals surface area contributed by atoms with Crippen molar-refractivity contribution in [2.24, 2.45) is 0 Å². The third-order valence-corrected chi connectivity index (χ3v) is 3.42. The number of anilines is 2. The predicted octanol–water partition coefficient (Wildman–Crippen LogP) is 0.165. The van der Waals surface area contributed by atoms with Crippen LogP contribution in [-0.2, 0) is 21.4 Å². The Bertz CT molecular complexity index is 960. The van der Waals surface area contributed by atoms with Crippen molar-refractivity contribution in [1.82, 2.24) is 25.2 Å². The van der Waals surface area contributed by atoms with E-state index in [4.69, 9.17) is 0 Å². The number of hydrogen-bond acceptors (Lipinski definition) is 6. The molecule has 10 nitrogen and oxygen atoms in total. The predicted molar refractivity (Wildman–Crippen MR) is 83.2 cm³/mol. The number of nitrogens with zero attached hydrogens (tertiary/aromatic N) is 4. The molecule has 2 heterocycles. The summed E-state index contributed by atoms with van der Waals surface area (Å²) in [6.07, 6.45) is 3.89. The lowest BCUT2D eigenvalue weighted by atomic mass is 10.2. The van der Waals surface area contributed by atoms with Gasteiger partial charge in [-0.2, -0.15) is 15.0 Å². The van der Waals surface area contributed by atoms with Gasteiger partial charge in [0.1, 0.15) is 6.54 Å². The fraction of sp³-hybridized carbons (Fsp3) is 0.167. The second kappa shape index (κ2) is 5.68. The molecule has 1 amide bonds. The Labute approximate surface area is 130 Å². The summed E-state index contributed by atoms with van der Waals surface area (Å²) < 4.78 is 24.3. The number of aromatic amines is 1. The van der Waals surface area contributed by atoms with Gasteiger partial charge in [-0.3, -0.25) is 14.6 Å². The first kappa shape index (κ1) is 15.0. The number of H-pyrrole nitrogens is 1. The highest BCUT2D eigenvalue weighted by molar-refractivity contribution is 7.92. The Kier molecular flexibility index (Phi) is 3.70. The van der Waals surface area contributed by atoms with Crippen LogP contribution in [0.1, 0.15) is 0 Å². The van der Waals surface area contributed by atoms with Crippen molar-refractivity contribution in [3.8, 4) is 0 Å². The smallest absolute Gasteiger partial charge is 0.247 e. The van der Waals surface area contributed by atoms with Gasteiger partial charge in [-0.25, -0.2) is 8.42 Å². The number of amides is 1. The molecule has 0 aliphatic rings. The van der Waals surface area contributed by atoms with Crippen LogP contribution in [0.2, 0.25) is 0 Å². The first-order chi connectivity index (χ1) is 10.9. The number of benzene rings is 1. The van der Waals surface area contributed by atoms with Gasteiger partial charge in [-0.05, 0) is 18.2 Å². The van der Waals surface area contributed by atoms with Crippen LogP contribution in [0.25, 0.3) is 10.9 Å². The molecule has 0 aliphatic heterocycles. The number of aromatic nitrogens is 5. The van der Waals surface area contributed by atoms with Gasteiger partial charge in [0.05, 0.1) is 24.2 Å². The van der Waals surface area contributed by atoms with E-state index in [0.717, 1.165) is 22.0 Å². The minimum atomic E-state index is -3.43. The highest BCUT2D eigenvalue weighted by Gasteiger charge is 2.09. The van der Waals surface area contributed by atoms with Crippen LogP contribution in [0, 0.1) is 0 Å². The Morgan fingerprint density at radius 2 is 2.17 bits per heavy atom. The minimum absolute atomic E-state index is 0.0557. The summed E-state index contributed by atoms with van der Waals surface area (Å²) in [6, 6.07) is 5.33. The summed E-state index contributed by atoms with van der Waals surface area (Å²) in [4.78, 5) is 13.1. The molecule has 23 heavy (non-hydrogen) atoms. The fourth-order valence-corrected chi connectivity index (χ4v) is 2.43. The summed E-state index contributed by atoms with van der Waals surface area (Å²) in [7, 11) is -3.43. The topological polar surface area (TPSA) is 135 Å². The fourth-order valence-electron chi connectivity index (χ4n) is 1.96. The molecule has 0 saturated heterocycles. The molecule has 3 aromatic rings. The van der Waals surface area contributed by atoms with Crippen LogP contribution < -0.4 is 10.0 Å². The van der Waals surface area contributed by atoms with Crippen LogP contribution in [0.15, 0.2) is 30.6 Å². The summed E-state index contributed by atoms with van der Waals surface area (Å²) in [5.41, 5.74) is 1.48. The molecular weight excluding hydrogens is 322 g/mol. The molecule has 120 valence electrons. The van der Waals surface area contributed by atoms with Gasteiger partial charge in [0.15, 0.2) is 5.82 Å². The van der Waals surface area contributed by atoms with Crippen molar-refractivity contribution in [2.75, 3.05) is 16.3 Å². The first-order valence-corrected chi connectivity index (χ1v) is 8.39. The van der Waals surface area contributed by atoms with Crippen LogP contribution >= 0.6 is 0 Å². The van der Waals surface area contributed by atoms with Crippen LogP contribution in [0.3, 0.4) is 0 Å². The summed E-state index contributed by atoms with van der Waals surface area (Å²) >= 11 is 0. The van der Waals surface area contributed by atoms with Crippen molar-refractivity contribution in [1.29, 1.82) is 0 Å². The van der Waals surface area contributed by atoms with Crippen molar-refractivity contribution in [3.63, 3.8) is 0 Å². The van der Waals surface area contributed by atoms with E-state index in [9.17, 15) is 13.2 Å². The van der Waals surface area contributed by atoms with Crippen LogP contribution in [-0.4, -0.2) is 45.8 Å². The van der Waals surface area contributed by atoms with E-state index < -0.39 is 10.0 Å². The third kappa shape index (κ3) is 3.83. The second-order valence-corrected chi connectivity index (χ2v) is 6.60. The van der Waals surface area contributed by atoms with E-state index in [1.807, 2.05) is 0 Å². The molecule has 3 N–H and O–H groups in total. The van der Waals surface area contributed by atoms with E-state index in [-0.39, 0.29) is 18.3 Å². The molecule has 0 saturated carbocycles. The average molecular weight is 335 g/mol. The Morgan fingerprint density at radius 1 is 1.35 bits per heavy atom. The molecule has 0 atom stereocenters. The molecule has 0 radical (unpaired) electrons. The molecule has 1 aromatic carbocycles. The van der Waals surface area contributed by atoms with Crippen LogP contribution in [0.4, 0.5) is 11.5 Å². The van der Waals surface area contributed by atoms with E-state index in [1.54, 1.807) is 24.4 Å². The Balaban J connectivity index is 1.65. The lowest BCUT2D eigenvalue weighted by Crippen LogP contribution is -2.20. The number of fused-ring (bicyclic) bond motifs is 1. The van der Waals surface area contributed by atoms with Gasteiger partial charge in [0.25, 0.3) is 0 Å². The lowest BCUT2D eigenvalue weighted by molar-refractivity contribution is -0.117. The number of sulfonamides is 1. The van der Waals surface area contributed by atoms with Gasteiger partial charge in [-0.1, -0.05) is 0 Å². The van der Waals surface area contributed by atoms with Crippen LogP contribution in [0.5, 0.6) is 0 Å². The second-order valence-electron chi connectivity index (χ2n) is 4.85. The zero-order valence-corrected chi connectivity index (χ0v) is 12.8. The summed E-state index contributed by atoms with van der Waals surface area (Å²) in [6.45, 7) is -0.144. The number of rotatable bonds is 5. The molecule has 3 rings (SSSR count). The normalized spacial score (nSPS) is 11.5. The largest absolute Gasteiger partial charge is 0.324 e. The van der Waals surface area contributed by atoms with Gasteiger partial charge >= 0.3 is 0 Å². The number of hydrogen-bond donors (Lipinski definition) is 3. The average Bonchev–Trinajstić information content (AvgIpc) is 3.05. The SMILES string of the molecule is CS(=O)(=O)Nc1cnn(CC(=O)Nc2ccc3[nH]ncc3c2)n1. The van der Waals surface area contributed by atoms with Gasteiger partial charge in [0.2, 0.25) is 15.9 Å². The standard InChI is InChI=1S/C12H13N7O3S/c1-23(21,22)18-11-6-14-19(17-11)7-12(20)15-9-2-3-10-8(4-9)5-13-16-10/h2-6H,7H2,1H3,(H,13,16)(H,15,20)(H,17,18). The molecule has 11 heteroatoms. The molecule has 0 unspecified atom stereocenters. The zero-order chi connectivity index (χ0) is 16.4. The Hall–Kier alpha value is -2.95. The molecule has 2 aromatic heterocycles. The highest BCUT2D eigenvalue weighted by Crippen LogP contribution is 2.16. The number of carbonyl (C=O) groups is 1. The number of carbonyl (C=O) groups excluding carboxylic acids is 1. The van der Waals surface area contributed by atoms with Crippen molar-refractivity contribution >= 4 is 38.3 Å². The van der Waals surface area contributed by atoms with E-state index in [1.165, 1.54) is 6.20 Å². The van der Waals surface area contributed by atoms with E-state index in [0.29, 0.717) is 5.69 Å². The summed E-state index contributed by atoms with van der Waals surface area (Å²) in [5, 5.41) is 18.0. The third-order valence-electron chi connectivity index (χ3n) is 2.84. The molecule has 0 fully saturated rings. The van der Waals surface area contributed by atoms with Crippen molar-refractivity contribution in [3.05, 3.63) is 30.6 Å². The quantitative estimate of drug-likeness (QED) is 0.608. The highest BCUT2D eigenvalue weighted by atomic mass is 32.2. The molecule has 0 spiro atoms. The van der Waals surface area contributed by atoms with Gasteiger partial charge in [-0.15, -0.1) is 5.10 Å². The Morgan fingerprint density at radius 3 is 2.96 bits per heavy atom. The maximum absolute atomic E-state index is 12.0. The van der Waals surface area contributed by atoms with Gasteiger partial charge in [0, 0.05) is 11.1 Å². The number of nitrogens with one attached hydrogen (secondary N) is 3. The van der Waals surface area contributed by atoms with Gasteiger partial charge < -0.3 is 5.32 Å². The summed E-state index contributed by atoms with van der Waals surface area (Å²) in [5.74, 6) is -0.283. The maximum Gasteiger partial charge on any atom is 0.247 e. The lowest BCUT2D eigenvalue weighted by Gasteiger charge is -2.04. The monoisotopic (exact) mass is 335 g/mol. The minimum Gasteiger partial charge on any atom is -0.324 e. The zero-order valence-electron chi connectivity index (χ0n) is 12.0. The van der Waals surface area contributed by atoms with E-state index in [2.05, 4.69) is 30.4 Å². The molecule has 0 aliphatic carbocycles. The first-order valence-electron chi connectivity index (χ1n) is 6.50.